The highest BCUT2D eigenvalue weighted by Crippen LogP contribution is 2.22. The molecule has 1 heterocycles. The Hall–Kier alpha value is -0.570. The minimum absolute atomic E-state index is 0.413. The molecular weight excluding hydrogens is 166 g/mol. The van der Waals surface area contributed by atoms with Gasteiger partial charge in [0.2, 0.25) is 0 Å². The van der Waals surface area contributed by atoms with Crippen molar-refractivity contribution in [3.05, 3.63) is 0 Å². The molecule has 2 rings (SSSR count). The molecule has 0 aromatic heterocycles. The lowest BCUT2D eigenvalue weighted by atomic mass is 9.97. The van der Waals surface area contributed by atoms with Gasteiger partial charge in [0.15, 0.2) is 0 Å². The number of oxime groups is 1. The second kappa shape index (κ2) is 4.61. The van der Waals surface area contributed by atoms with Gasteiger partial charge >= 0.3 is 0 Å². The van der Waals surface area contributed by atoms with E-state index in [1.54, 1.807) is 0 Å². The first kappa shape index (κ1) is 9.00. The maximum atomic E-state index is 5.31. The van der Waals surface area contributed by atoms with Crippen molar-refractivity contribution in [2.45, 2.75) is 38.2 Å². The molecule has 3 heteroatoms. The van der Waals surface area contributed by atoms with Gasteiger partial charge in [0.25, 0.3) is 0 Å². The summed E-state index contributed by atoms with van der Waals surface area (Å²) in [5.41, 5.74) is 0. The lowest BCUT2D eigenvalue weighted by Gasteiger charge is -2.23. The number of ether oxygens (including phenoxy) is 1. The third kappa shape index (κ3) is 2.69. The first-order valence-electron chi connectivity index (χ1n) is 5.22. The van der Waals surface area contributed by atoms with Crippen LogP contribution in [0.3, 0.4) is 0 Å². The smallest absolute Gasteiger partial charge is 0.127 e. The molecule has 2 fully saturated rings. The summed E-state index contributed by atoms with van der Waals surface area (Å²) in [7, 11) is 0. The highest BCUT2D eigenvalue weighted by Gasteiger charge is 2.18. The van der Waals surface area contributed by atoms with Crippen molar-refractivity contribution in [2.75, 3.05) is 13.2 Å². The van der Waals surface area contributed by atoms with Crippen LogP contribution in [0.5, 0.6) is 0 Å². The van der Waals surface area contributed by atoms with Crippen LogP contribution in [0.4, 0.5) is 0 Å². The van der Waals surface area contributed by atoms with E-state index < -0.39 is 0 Å². The second-order valence-electron chi connectivity index (χ2n) is 3.86. The Balaban J connectivity index is 1.63. The Morgan fingerprint density at radius 3 is 2.54 bits per heavy atom. The van der Waals surface area contributed by atoms with Gasteiger partial charge < -0.3 is 9.57 Å². The monoisotopic (exact) mass is 183 g/mol. The van der Waals surface area contributed by atoms with Crippen molar-refractivity contribution in [1.29, 1.82) is 0 Å². The maximum Gasteiger partial charge on any atom is 0.127 e. The number of hydrogen-bond acceptors (Lipinski definition) is 3. The molecule has 0 amide bonds. The van der Waals surface area contributed by atoms with Crippen LogP contribution in [-0.2, 0) is 9.57 Å². The molecule has 0 aromatic carbocycles. The molecule has 1 saturated heterocycles. The van der Waals surface area contributed by atoms with Gasteiger partial charge in [-0.3, -0.25) is 0 Å². The molecule has 1 saturated carbocycles. The molecule has 3 nitrogen and oxygen atoms in total. The summed E-state index contributed by atoms with van der Waals surface area (Å²) in [6, 6.07) is 0. The first-order chi connectivity index (χ1) is 6.45. The first-order valence-corrected chi connectivity index (χ1v) is 5.22. The lowest BCUT2D eigenvalue weighted by molar-refractivity contribution is 0.00528. The van der Waals surface area contributed by atoms with Gasteiger partial charge in [0.1, 0.15) is 6.10 Å². The summed E-state index contributed by atoms with van der Waals surface area (Å²) in [5, 5.41) is 4.04. The van der Waals surface area contributed by atoms with Gasteiger partial charge in [-0.1, -0.05) is 5.16 Å². The number of hydrogen-bond donors (Lipinski definition) is 0. The van der Waals surface area contributed by atoms with Gasteiger partial charge in [0, 0.05) is 25.3 Å². The average Bonchev–Trinajstić information content (AvgIpc) is 2.11. The minimum Gasteiger partial charge on any atom is -0.393 e. The summed E-state index contributed by atoms with van der Waals surface area (Å²) < 4.78 is 5.26. The largest absolute Gasteiger partial charge is 0.393 e. The molecule has 1 aliphatic carbocycles. The van der Waals surface area contributed by atoms with Gasteiger partial charge in [-0.25, -0.2) is 0 Å². The van der Waals surface area contributed by atoms with Crippen LogP contribution >= 0.6 is 0 Å². The van der Waals surface area contributed by atoms with Crippen LogP contribution in [-0.4, -0.2) is 25.5 Å². The predicted octanol–water partition coefficient (Wildman–Crippen LogP) is 1.97. The average molecular weight is 183 g/mol. The second-order valence-corrected chi connectivity index (χ2v) is 3.86. The van der Waals surface area contributed by atoms with E-state index in [0.717, 1.165) is 26.1 Å². The van der Waals surface area contributed by atoms with Gasteiger partial charge in [-0.05, 0) is 32.1 Å². The summed E-state index contributed by atoms with van der Waals surface area (Å²) in [6.45, 7) is 1.75. The predicted molar refractivity (Wildman–Crippen MR) is 50.8 cm³/mol. The zero-order chi connectivity index (χ0) is 8.93. The topological polar surface area (TPSA) is 30.8 Å². The standard InChI is InChI=1S/C10H17NO2/c1-2-10(3-1)13-11-8-9-4-6-12-7-5-9/h8-10H,1-7H2/b11-8+. The van der Waals surface area contributed by atoms with Crippen LogP contribution in [0.25, 0.3) is 0 Å². The van der Waals surface area contributed by atoms with Crippen molar-refractivity contribution in [1.82, 2.24) is 0 Å². The molecule has 0 N–H and O–H groups in total. The summed E-state index contributed by atoms with van der Waals surface area (Å²) in [5.74, 6) is 0.578. The van der Waals surface area contributed by atoms with Gasteiger partial charge in [-0.2, -0.15) is 0 Å². The van der Waals surface area contributed by atoms with E-state index in [9.17, 15) is 0 Å². The highest BCUT2D eigenvalue weighted by atomic mass is 16.6. The van der Waals surface area contributed by atoms with Gasteiger partial charge in [-0.15, -0.1) is 0 Å². The fourth-order valence-corrected chi connectivity index (χ4v) is 1.55. The van der Waals surface area contributed by atoms with Crippen LogP contribution < -0.4 is 0 Å². The summed E-state index contributed by atoms with van der Waals surface area (Å²) in [4.78, 5) is 5.31. The molecule has 0 aromatic rings. The molecule has 74 valence electrons. The van der Waals surface area contributed by atoms with E-state index in [-0.39, 0.29) is 0 Å². The van der Waals surface area contributed by atoms with Crippen molar-refractivity contribution in [3.8, 4) is 0 Å². The molecule has 2 aliphatic rings. The molecule has 0 spiro atoms. The van der Waals surface area contributed by atoms with E-state index in [2.05, 4.69) is 5.16 Å². The van der Waals surface area contributed by atoms with Crippen LogP contribution in [0, 0.1) is 5.92 Å². The van der Waals surface area contributed by atoms with Crippen molar-refractivity contribution in [2.24, 2.45) is 11.1 Å². The summed E-state index contributed by atoms with van der Waals surface area (Å²) >= 11 is 0. The lowest BCUT2D eigenvalue weighted by Crippen LogP contribution is -2.20. The van der Waals surface area contributed by atoms with E-state index >= 15 is 0 Å². The van der Waals surface area contributed by atoms with Crippen LogP contribution in [0.15, 0.2) is 5.16 Å². The number of nitrogens with zero attached hydrogens (tertiary/aromatic N) is 1. The Morgan fingerprint density at radius 2 is 1.92 bits per heavy atom. The van der Waals surface area contributed by atoms with E-state index in [1.165, 1.54) is 19.3 Å². The normalized spacial score (nSPS) is 26.2. The van der Waals surface area contributed by atoms with E-state index in [4.69, 9.17) is 9.57 Å². The molecular formula is C10H17NO2. The molecule has 13 heavy (non-hydrogen) atoms. The SMILES string of the molecule is C(=N\OC1CCC1)/C1CCOCC1. The van der Waals surface area contributed by atoms with Crippen molar-refractivity contribution < 1.29 is 9.57 Å². The fraction of sp³-hybridized carbons (Fsp3) is 0.900. The maximum absolute atomic E-state index is 5.31. The van der Waals surface area contributed by atoms with Crippen LogP contribution in [0.2, 0.25) is 0 Å². The van der Waals surface area contributed by atoms with Crippen LogP contribution in [0.1, 0.15) is 32.1 Å². The minimum atomic E-state index is 0.413. The van der Waals surface area contributed by atoms with Crippen molar-refractivity contribution >= 4 is 6.21 Å². The highest BCUT2D eigenvalue weighted by molar-refractivity contribution is 5.59. The number of rotatable bonds is 3. The molecule has 1 aliphatic heterocycles. The Kier molecular flexibility index (Phi) is 3.19. The van der Waals surface area contributed by atoms with Gasteiger partial charge in [0.05, 0.1) is 0 Å². The molecule has 0 radical (unpaired) electrons. The molecule has 0 bridgehead atoms. The molecule has 0 unspecified atom stereocenters. The summed E-state index contributed by atoms with van der Waals surface area (Å²) in [6.07, 6.45) is 8.24. The zero-order valence-corrected chi connectivity index (χ0v) is 7.95. The Morgan fingerprint density at radius 1 is 1.15 bits per heavy atom. The third-order valence-electron chi connectivity index (χ3n) is 2.80. The van der Waals surface area contributed by atoms with Crippen molar-refractivity contribution in [3.63, 3.8) is 0 Å². The van der Waals surface area contributed by atoms with E-state index in [0.29, 0.717) is 12.0 Å². The fourth-order valence-electron chi connectivity index (χ4n) is 1.55. The van der Waals surface area contributed by atoms with E-state index in [1.807, 2.05) is 6.21 Å². The Labute approximate surface area is 79.1 Å². The third-order valence-corrected chi connectivity index (χ3v) is 2.80. The molecule has 0 atom stereocenters. The Bertz CT molecular complexity index is 172. The zero-order valence-electron chi connectivity index (χ0n) is 7.95. The quantitative estimate of drug-likeness (QED) is 0.494.